The van der Waals surface area contributed by atoms with Gasteiger partial charge in [0.15, 0.2) is 0 Å². The smallest absolute Gasteiger partial charge is 0.0212 e. The Morgan fingerprint density at radius 1 is 0.682 bits per heavy atom. The lowest BCUT2D eigenvalue weighted by molar-refractivity contribution is 1.46. The van der Waals surface area contributed by atoms with E-state index in [1.165, 1.54) is 16.7 Å². The molecule has 0 radical (unpaired) electrons. The molecular weight excluding hydrogens is 343 g/mol. The minimum Gasteiger partial charge on any atom is -0.143 e. The molecule has 0 fully saturated rings. The quantitative estimate of drug-likeness (QED) is 0.453. The Morgan fingerprint density at radius 2 is 1.23 bits per heavy atom. The van der Waals surface area contributed by atoms with Gasteiger partial charge in [-0.25, -0.2) is 0 Å². The Kier molecular flexibility index (Phi) is 5.00. The lowest BCUT2D eigenvalue weighted by Gasteiger charge is -2.13. The third kappa shape index (κ3) is 3.28. The SMILES string of the molecule is S=Pc1cccc(-c2ccc(S)cc2)c1-c1ccc(S)cc1. The summed E-state index contributed by atoms with van der Waals surface area (Å²) in [4.78, 5) is 1.92. The summed E-state index contributed by atoms with van der Waals surface area (Å²) in [7, 11) is 0.848. The first-order chi connectivity index (χ1) is 10.7. The summed E-state index contributed by atoms with van der Waals surface area (Å²) in [6.07, 6.45) is 0. The molecule has 108 valence electrons. The fourth-order valence-electron chi connectivity index (χ4n) is 2.43. The zero-order chi connectivity index (χ0) is 15.5. The van der Waals surface area contributed by atoms with Crippen LogP contribution in [0.4, 0.5) is 0 Å². The van der Waals surface area contributed by atoms with Crippen LogP contribution in [0.25, 0.3) is 22.3 Å². The number of thiol groups is 2. The maximum absolute atomic E-state index is 5.31. The molecule has 0 saturated carbocycles. The van der Waals surface area contributed by atoms with E-state index in [-0.39, 0.29) is 0 Å². The minimum atomic E-state index is 0.848. The maximum Gasteiger partial charge on any atom is 0.0212 e. The Bertz CT molecular complexity index is 809. The third-order valence-corrected chi connectivity index (χ3v) is 5.23. The Balaban J connectivity index is 2.24. The van der Waals surface area contributed by atoms with Crippen molar-refractivity contribution in [1.29, 1.82) is 0 Å². The van der Waals surface area contributed by atoms with Gasteiger partial charge < -0.3 is 0 Å². The molecule has 4 heteroatoms. The first kappa shape index (κ1) is 15.8. The Morgan fingerprint density at radius 3 is 1.77 bits per heavy atom. The van der Waals surface area contributed by atoms with Gasteiger partial charge in [-0.2, -0.15) is 0 Å². The summed E-state index contributed by atoms with van der Waals surface area (Å²) in [6, 6.07) is 22.7. The van der Waals surface area contributed by atoms with Crippen molar-refractivity contribution in [2.75, 3.05) is 0 Å². The van der Waals surface area contributed by atoms with Crippen LogP contribution in [0.2, 0.25) is 0 Å². The molecule has 22 heavy (non-hydrogen) atoms. The zero-order valence-corrected chi connectivity index (χ0v) is 15.1. The van der Waals surface area contributed by atoms with Crippen LogP contribution in [-0.2, 0) is 11.8 Å². The summed E-state index contributed by atoms with van der Waals surface area (Å²) in [5.41, 5.74) is 4.72. The molecule has 3 rings (SSSR count). The largest absolute Gasteiger partial charge is 0.143 e. The monoisotopic (exact) mass is 356 g/mol. The standard InChI is InChI=1S/C18H13PS3/c20-14-8-4-12(5-9-14)16-2-1-3-17(19-22)18(16)13-6-10-15(21)11-7-13/h1-11,20-21H. The van der Waals surface area contributed by atoms with Gasteiger partial charge in [-0.15, -0.1) is 25.3 Å². The molecular formula is C18H13PS3. The van der Waals surface area contributed by atoms with Gasteiger partial charge in [-0.05, 0) is 47.0 Å². The average Bonchev–Trinajstić information content (AvgIpc) is 2.56. The van der Waals surface area contributed by atoms with Gasteiger partial charge in [0.25, 0.3) is 0 Å². The maximum atomic E-state index is 5.31. The molecule has 0 aromatic heterocycles. The van der Waals surface area contributed by atoms with E-state index in [4.69, 9.17) is 11.8 Å². The highest BCUT2D eigenvalue weighted by Crippen LogP contribution is 2.33. The first-order valence-corrected chi connectivity index (χ1v) is 9.54. The summed E-state index contributed by atoms with van der Waals surface area (Å²) in [5, 5.41) is 1.15. The Labute approximate surface area is 148 Å². The molecule has 0 nitrogen and oxygen atoms in total. The molecule has 0 N–H and O–H groups in total. The van der Waals surface area contributed by atoms with Crippen LogP contribution in [-0.4, -0.2) is 0 Å². The number of hydrogen-bond acceptors (Lipinski definition) is 3. The fourth-order valence-corrected chi connectivity index (χ4v) is 3.67. The van der Waals surface area contributed by atoms with E-state index in [1.807, 2.05) is 24.3 Å². The summed E-state index contributed by atoms with van der Waals surface area (Å²) < 4.78 is 0. The lowest BCUT2D eigenvalue weighted by atomic mass is 9.94. The van der Waals surface area contributed by atoms with Crippen molar-refractivity contribution in [2.24, 2.45) is 0 Å². The van der Waals surface area contributed by atoms with Crippen LogP contribution >= 0.6 is 32.6 Å². The van der Waals surface area contributed by atoms with E-state index in [2.05, 4.69) is 67.7 Å². The van der Waals surface area contributed by atoms with Gasteiger partial charge in [0, 0.05) is 28.0 Å². The van der Waals surface area contributed by atoms with Gasteiger partial charge >= 0.3 is 0 Å². The van der Waals surface area contributed by atoms with Gasteiger partial charge in [0.2, 0.25) is 0 Å². The van der Waals surface area contributed by atoms with Crippen molar-refractivity contribution in [3.05, 3.63) is 66.7 Å². The molecule has 0 atom stereocenters. The van der Waals surface area contributed by atoms with E-state index in [9.17, 15) is 0 Å². The van der Waals surface area contributed by atoms with Crippen molar-refractivity contribution in [2.45, 2.75) is 9.79 Å². The molecule has 3 aromatic carbocycles. The third-order valence-electron chi connectivity index (χ3n) is 3.48. The lowest BCUT2D eigenvalue weighted by Crippen LogP contribution is -2.00. The van der Waals surface area contributed by atoms with Gasteiger partial charge in [-0.3, -0.25) is 0 Å². The van der Waals surface area contributed by atoms with Gasteiger partial charge in [-0.1, -0.05) is 48.2 Å². The summed E-state index contributed by atoms with van der Waals surface area (Å²) in [6.45, 7) is 0. The first-order valence-electron chi connectivity index (χ1n) is 6.74. The number of rotatable bonds is 3. The van der Waals surface area contributed by atoms with E-state index in [1.54, 1.807) is 0 Å². The molecule has 0 bridgehead atoms. The fraction of sp³-hybridized carbons (Fsp3) is 0. The van der Waals surface area contributed by atoms with Crippen LogP contribution in [0.5, 0.6) is 0 Å². The molecule has 0 saturated heterocycles. The molecule has 3 aromatic rings. The average molecular weight is 356 g/mol. The van der Waals surface area contributed by atoms with Crippen LogP contribution in [0.1, 0.15) is 0 Å². The number of benzene rings is 3. The van der Waals surface area contributed by atoms with Crippen molar-refractivity contribution in [1.82, 2.24) is 0 Å². The molecule has 0 aliphatic heterocycles. The highest BCUT2D eigenvalue weighted by atomic mass is 32.4. The van der Waals surface area contributed by atoms with E-state index in [0.29, 0.717) is 0 Å². The Hall–Kier alpha value is -1.12. The molecule has 0 spiro atoms. The molecule has 0 aliphatic rings. The summed E-state index contributed by atoms with van der Waals surface area (Å²) >= 11 is 14.0. The highest BCUT2D eigenvalue weighted by molar-refractivity contribution is 7.99. The van der Waals surface area contributed by atoms with E-state index in [0.717, 1.165) is 28.0 Å². The predicted molar refractivity (Wildman–Crippen MR) is 106 cm³/mol. The second-order valence-corrected chi connectivity index (χ2v) is 7.13. The zero-order valence-electron chi connectivity index (χ0n) is 11.6. The summed E-state index contributed by atoms with van der Waals surface area (Å²) in [5.74, 6) is 0. The molecule has 0 aliphatic carbocycles. The van der Waals surface area contributed by atoms with Crippen molar-refractivity contribution in [3.8, 4) is 22.3 Å². The van der Waals surface area contributed by atoms with Crippen LogP contribution in [0.3, 0.4) is 0 Å². The predicted octanol–water partition coefficient (Wildman–Crippen LogP) is 5.63. The van der Waals surface area contributed by atoms with Gasteiger partial charge in [0.05, 0.1) is 0 Å². The normalized spacial score (nSPS) is 10.8. The van der Waals surface area contributed by atoms with Crippen molar-refractivity contribution >= 4 is 49.7 Å². The molecule has 0 heterocycles. The highest BCUT2D eigenvalue weighted by Gasteiger charge is 2.11. The second-order valence-electron chi connectivity index (χ2n) is 4.88. The topological polar surface area (TPSA) is 0 Å². The molecule has 0 unspecified atom stereocenters. The van der Waals surface area contributed by atoms with E-state index < -0.39 is 0 Å². The van der Waals surface area contributed by atoms with E-state index >= 15 is 0 Å². The van der Waals surface area contributed by atoms with Crippen LogP contribution < -0.4 is 5.30 Å². The van der Waals surface area contributed by atoms with Gasteiger partial charge in [0.1, 0.15) is 0 Å². The van der Waals surface area contributed by atoms with Crippen molar-refractivity contribution in [3.63, 3.8) is 0 Å². The second kappa shape index (κ2) is 6.97. The van der Waals surface area contributed by atoms with Crippen molar-refractivity contribution < 1.29 is 0 Å². The number of hydrogen-bond donors (Lipinski definition) is 2. The van der Waals surface area contributed by atoms with Crippen LogP contribution in [0, 0.1) is 0 Å². The van der Waals surface area contributed by atoms with Crippen LogP contribution in [0.15, 0.2) is 76.5 Å². The minimum absolute atomic E-state index is 0.848. The molecule has 0 amide bonds.